The van der Waals surface area contributed by atoms with Crippen LogP contribution in [0.3, 0.4) is 0 Å². The molecule has 2 heteroatoms. The molecular weight excluding hydrogens is 416 g/mol. The number of fused-ring (bicyclic) bond motifs is 6. The van der Waals surface area contributed by atoms with Crippen LogP contribution in [0.4, 0.5) is 0 Å². The van der Waals surface area contributed by atoms with Crippen molar-refractivity contribution >= 4 is 22.1 Å². The molecule has 2 unspecified atom stereocenters. The van der Waals surface area contributed by atoms with Gasteiger partial charge in [0.2, 0.25) is 0 Å². The van der Waals surface area contributed by atoms with Crippen LogP contribution < -0.4 is 15.2 Å². The van der Waals surface area contributed by atoms with Gasteiger partial charge in [-0.1, -0.05) is 109 Å². The number of rotatable bonds is 2. The first kappa shape index (κ1) is 19.2. The molecule has 5 aromatic carbocycles. The minimum Gasteiger partial charge on any atom is -0.511 e. The van der Waals surface area contributed by atoms with Gasteiger partial charge in [0.15, 0.2) is 0 Å². The summed E-state index contributed by atoms with van der Waals surface area (Å²) in [6, 6.07) is 39.6. The van der Waals surface area contributed by atoms with Crippen molar-refractivity contribution < 1.29 is 9.84 Å². The van der Waals surface area contributed by atoms with E-state index in [1.54, 1.807) is 0 Å². The van der Waals surface area contributed by atoms with E-state index in [-0.39, 0.29) is 12.0 Å². The monoisotopic (exact) mass is 438 g/mol. The second-order valence-corrected chi connectivity index (χ2v) is 8.98. The van der Waals surface area contributed by atoms with E-state index in [2.05, 4.69) is 84.9 Å². The third-order valence-electron chi connectivity index (χ3n) is 7.15. The third-order valence-corrected chi connectivity index (χ3v) is 7.15. The number of aliphatic hydroxyl groups excluding tert-OH is 1. The average molecular weight is 439 g/mol. The van der Waals surface area contributed by atoms with Crippen LogP contribution in [0.5, 0.6) is 5.75 Å². The lowest BCUT2D eigenvalue weighted by Gasteiger charge is -2.26. The maximum Gasteiger partial charge on any atom is 0.139 e. The lowest BCUT2D eigenvalue weighted by Crippen LogP contribution is -2.42. The van der Waals surface area contributed by atoms with E-state index < -0.39 is 0 Å². The molecule has 0 saturated carbocycles. The van der Waals surface area contributed by atoms with Crippen molar-refractivity contribution in [1.29, 1.82) is 0 Å². The minimum atomic E-state index is -0.290. The quantitative estimate of drug-likeness (QED) is 0.370. The number of benzene rings is 5. The number of hydrogen-bond acceptors (Lipinski definition) is 2. The zero-order valence-electron chi connectivity index (χ0n) is 18.5. The second-order valence-electron chi connectivity index (χ2n) is 8.98. The van der Waals surface area contributed by atoms with Gasteiger partial charge in [-0.15, -0.1) is 0 Å². The Kier molecular flexibility index (Phi) is 4.16. The lowest BCUT2D eigenvalue weighted by atomic mass is 9.80. The number of hydrogen-bond donors (Lipinski definition) is 1. The summed E-state index contributed by atoms with van der Waals surface area (Å²) in [6.07, 6.45) is -0.290. The summed E-state index contributed by atoms with van der Waals surface area (Å²) in [5, 5.41) is 15.8. The van der Waals surface area contributed by atoms with Crippen molar-refractivity contribution in [3.8, 4) is 16.9 Å². The first-order valence-corrected chi connectivity index (χ1v) is 11.7. The third kappa shape index (κ3) is 2.69. The molecule has 0 saturated heterocycles. The van der Waals surface area contributed by atoms with Crippen molar-refractivity contribution in [3.63, 3.8) is 0 Å². The van der Waals surface area contributed by atoms with E-state index in [4.69, 9.17) is 4.74 Å². The molecule has 5 aromatic rings. The molecule has 0 radical (unpaired) electrons. The van der Waals surface area contributed by atoms with Crippen LogP contribution in [0.15, 0.2) is 115 Å². The molecule has 0 aromatic heterocycles. The fourth-order valence-corrected chi connectivity index (χ4v) is 5.66. The summed E-state index contributed by atoms with van der Waals surface area (Å²) in [5.41, 5.74) is 5.61. The van der Waals surface area contributed by atoms with Gasteiger partial charge >= 0.3 is 0 Å². The molecule has 1 aliphatic carbocycles. The summed E-state index contributed by atoms with van der Waals surface area (Å²) < 4.78 is 6.79. The Bertz CT molecular complexity index is 1680. The van der Waals surface area contributed by atoms with Crippen LogP contribution in [0.1, 0.15) is 17.0 Å². The summed E-state index contributed by atoms with van der Waals surface area (Å²) >= 11 is 0. The van der Waals surface area contributed by atoms with Gasteiger partial charge in [-0.05, 0) is 33.4 Å². The van der Waals surface area contributed by atoms with Gasteiger partial charge in [0.05, 0.1) is 5.92 Å². The van der Waals surface area contributed by atoms with E-state index in [1.807, 2.05) is 30.3 Å². The van der Waals surface area contributed by atoms with Crippen LogP contribution in [-0.4, -0.2) is 11.2 Å². The molecule has 162 valence electrons. The van der Waals surface area contributed by atoms with Crippen molar-refractivity contribution in [2.24, 2.45) is 0 Å². The molecule has 1 N–H and O–H groups in total. The van der Waals surface area contributed by atoms with E-state index in [9.17, 15) is 5.11 Å². The molecular formula is C32H22O2. The highest BCUT2D eigenvalue weighted by atomic mass is 16.5. The minimum absolute atomic E-state index is 0.257. The van der Waals surface area contributed by atoms with Gasteiger partial charge in [0.1, 0.15) is 17.6 Å². The maximum absolute atomic E-state index is 11.6. The standard InChI is InChI=1S/C32H22O2/c33-30-24-17-9-8-16-23(24)28(21-13-5-2-6-14-21)32-29(30)27-19-26(20-11-3-1-4-12-20)22-15-7-10-18-25(22)31(27)34-32/h1-19,29,32-33H. The van der Waals surface area contributed by atoms with E-state index in [1.165, 1.54) is 0 Å². The van der Waals surface area contributed by atoms with E-state index >= 15 is 0 Å². The molecule has 1 aliphatic heterocycles. The molecule has 34 heavy (non-hydrogen) atoms. The molecule has 0 spiro atoms. The van der Waals surface area contributed by atoms with Gasteiger partial charge < -0.3 is 9.84 Å². The summed E-state index contributed by atoms with van der Waals surface area (Å²) in [5.74, 6) is 0.999. The Labute approximate surface area is 197 Å². The molecule has 2 atom stereocenters. The molecule has 0 fully saturated rings. The highest BCUT2D eigenvalue weighted by molar-refractivity contribution is 6.02. The molecule has 0 bridgehead atoms. The van der Waals surface area contributed by atoms with E-state index in [0.717, 1.165) is 54.8 Å². The van der Waals surface area contributed by atoms with Gasteiger partial charge in [-0.2, -0.15) is 0 Å². The normalized spacial score (nSPS) is 18.2. The van der Waals surface area contributed by atoms with Gasteiger partial charge in [-0.25, -0.2) is 0 Å². The van der Waals surface area contributed by atoms with E-state index in [0.29, 0.717) is 5.76 Å². The zero-order chi connectivity index (χ0) is 22.6. The van der Waals surface area contributed by atoms with Crippen LogP contribution in [0, 0.1) is 0 Å². The highest BCUT2D eigenvalue weighted by Crippen LogP contribution is 2.51. The van der Waals surface area contributed by atoms with Crippen LogP contribution >= 0.6 is 0 Å². The SMILES string of the molecule is OC1=c2ccccc2=C(c2ccccc2)C2Oc3c(cc(-c4ccccc4)c4ccccc34)C12. The maximum atomic E-state index is 11.6. The summed E-state index contributed by atoms with van der Waals surface area (Å²) in [6.45, 7) is 0. The molecule has 0 amide bonds. The Morgan fingerprint density at radius 2 is 1.18 bits per heavy atom. The molecule has 7 rings (SSSR count). The summed E-state index contributed by atoms with van der Waals surface area (Å²) in [7, 11) is 0. The largest absolute Gasteiger partial charge is 0.511 e. The number of aliphatic hydroxyl groups is 1. The predicted molar refractivity (Wildman–Crippen MR) is 137 cm³/mol. The molecule has 2 nitrogen and oxygen atoms in total. The van der Waals surface area contributed by atoms with Crippen molar-refractivity contribution in [2.75, 3.05) is 0 Å². The van der Waals surface area contributed by atoms with Crippen molar-refractivity contribution in [1.82, 2.24) is 0 Å². The van der Waals surface area contributed by atoms with Crippen molar-refractivity contribution in [3.05, 3.63) is 137 Å². The predicted octanol–water partition coefficient (Wildman–Crippen LogP) is 5.93. The fourth-order valence-electron chi connectivity index (χ4n) is 5.66. The Morgan fingerprint density at radius 3 is 1.91 bits per heavy atom. The number of ether oxygens (including phenoxy) is 1. The first-order chi connectivity index (χ1) is 16.8. The summed E-state index contributed by atoms with van der Waals surface area (Å²) in [4.78, 5) is 0. The lowest BCUT2D eigenvalue weighted by molar-refractivity contribution is 0.267. The van der Waals surface area contributed by atoms with Crippen LogP contribution in [-0.2, 0) is 0 Å². The first-order valence-electron chi connectivity index (χ1n) is 11.7. The van der Waals surface area contributed by atoms with Crippen LogP contribution in [0.2, 0.25) is 0 Å². The topological polar surface area (TPSA) is 29.5 Å². The Morgan fingerprint density at radius 1 is 0.588 bits per heavy atom. The van der Waals surface area contributed by atoms with Crippen LogP contribution in [0.25, 0.3) is 33.2 Å². The highest BCUT2D eigenvalue weighted by Gasteiger charge is 2.43. The average Bonchev–Trinajstić information content (AvgIpc) is 3.29. The van der Waals surface area contributed by atoms with Crippen molar-refractivity contribution in [2.45, 2.75) is 12.0 Å². The fraction of sp³-hybridized carbons (Fsp3) is 0.0625. The second kappa shape index (κ2) is 7.36. The zero-order valence-corrected chi connectivity index (χ0v) is 18.5. The van der Waals surface area contributed by atoms with Gasteiger partial charge in [-0.3, -0.25) is 0 Å². The van der Waals surface area contributed by atoms with Gasteiger partial charge in [0.25, 0.3) is 0 Å². The Hall–Kier alpha value is -4.30. The molecule has 2 aliphatic rings. The Balaban J connectivity index is 1.56. The smallest absolute Gasteiger partial charge is 0.139 e. The molecule has 1 heterocycles. The van der Waals surface area contributed by atoms with Gasteiger partial charge in [0, 0.05) is 21.7 Å².